The van der Waals surface area contributed by atoms with E-state index in [2.05, 4.69) is 26.8 Å². The molecule has 0 aliphatic carbocycles. The lowest BCUT2D eigenvalue weighted by Gasteiger charge is -2.44. The lowest BCUT2D eigenvalue weighted by Crippen LogP contribution is -2.56. The third-order valence-corrected chi connectivity index (χ3v) is 6.75. The quantitative estimate of drug-likeness (QED) is 0.258. The number of nitrogens with zero attached hydrogens (tertiary/aromatic N) is 7. The maximum absolute atomic E-state index is 13.8. The second-order valence-corrected chi connectivity index (χ2v) is 9.27. The number of hydroxylamine groups is 2. The number of nitrogens with two attached hydrogens (primary N) is 1. The molecule has 0 spiro atoms. The standard InChI is InChI=1S/C25H28N8O3/c1-4-5-12-31-21-22(29-24(31)33(36)13-8-9-17(26)15-33)30(3)25(35)32(23(21)34)14-20-27-16(2)18-10-6-7-11-19(18)28-20/h6-7,10-11,17H,8-9,12-15,26H2,1-3H3. The summed E-state index contributed by atoms with van der Waals surface area (Å²) in [6.45, 7) is 3.97. The number of hydrogen-bond acceptors (Lipinski definition) is 7. The molecule has 3 aromatic heterocycles. The van der Waals surface area contributed by atoms with E-state index < -0.39 is 15.9 Å². The minimum absolute atomic E-state index is 0.0961. The molecule has 1 fully saturated rings. The zero-order valence-electron chi connectivity index (χ0n) is 20.6. The van der Waals surface area contributed by atoms with Crippen LogP contribution in [0.15, 0.2) is 33.9 Å². The van der Waals surface area contributed by atoms with Crippen molar-refractivity contribution in [2.24, 2.45) is 12.8 Å². The molecule has 1 aromatic carbocycles. The summed E-state index contributed by atoms with van der Waals surface area (Å²) in [6.07, 6.45) is 1.41. The van der Waals surface area contributed by atoms with Crippen LogP contribution < -0.4 is 21.6 Å². The molecular formula is C25H28N8O3. The van der Waals surface area contributed by atoms with E-state index in [1.54, 1.807) is 11.5 Å². The van der Waals surface area contributed by atoms with E-state index in [4.69, 9.17) is 5.73 Å². The van der Waals surface area contributed by atoms with E-state index in [0.29, 0.717) is 18.8 Å². The summed E-state index contributed by atoms with van der Waals surface area (Å²) in [5, 5.41) is 14.7. The first-order chi connectivity index (χ1) is 17.2. The maximum atomic E-state index is 13.8. The number of quaternary nitrogens is 1. The number of aryl methyl sites for hydroxylation is 2. The fraction of sp³-hybridized carbons (Fsp3) is 0.400. The summed E-state index contributed by atoms with van der Waals surface area (Å²) in [6, 6.07) is 7.30. The van der Waals surface area contributed by atoms with Gasteiger partial charge in [-0.1, -0.05) is 24.1 Å². The summed E-state index contributed by atoms with van der Waals surface area (Å²) in [7, 11) is 1.54. The van der Waals surface area contributed by atoms with Crippen LogP contribution in [0.3, 0.4) is 0 Å². The molecule has 4 heterocycles. The van der Waals surface area contributed by atoms with Crippen LogP contribution in [0.5, 0.6) is 0 Å². The molecule has 36 heavy (non-hydrogen) atoms. The predicted molar refractivity (Wildman–Crippen MR) is 138 cm³/mol. The Balaban J connectivity index is 1.72. The van der Waals surface area contributed by atoms with Gasteiger partial charge in [0.25, 0.3) is 5.56 Å². The average Bonchev–Trinajstić information content (AvgIpc) is 3.25. The van der Waals surface area contributed by atoms with Gasteiger partial charge >= 0.3 is 11.6 Å². The Hall–Kier alpha value is -3.85. The van der Waals surface area contributed by atoms with Crippen molar-refractivity contribution in [3.63, 3.8) is 0 Å². The van der Waals surface area contributed by atoms with Crippen molar-refractivity contribution in [2.75, 3.05) is 13.1 Å². The van der Waals surface area contributed by atoms with Gasteiger partial charge in [0, 0.05) is 18.1 Å². The number of imidazole rings is 1. The summed E-state index contributed by atoms with van der Waals surface area (Å²) in [5.74, 6) is 6.25. The van der Waals surface area contributed by atoms with Crippen molar-refractivity contribution in [1.29, 1.82) is 0 Å². The van der Waals surface area contributed by atoms with E-state index >= 15 is 0 Å². The largest absolute Gasteiger partial charge is 0.625 e. The minimum atomic E-state index is -0.762. The lowest BCUT2D eigenvalue weighted by molar-refractivity contribution is 0.264. The molecule has 0 saturated carbocycles. The molecule has 2 N–H and O–H groups in total. The molecule has 0 radical (unpaired) electrons. The van der Waals surface area contributed by atoms with Crippen molar-refractivity contribution in [3.8, 4) is 11.8 Å². The van der Waals surface area contributed by atoms with Crippen molar-refractivity contribution in [2.45, 2.75) is 45.8 Å². The first-order valence-corrected chi connectivity index (χ1v) is 11.9. The second kappa shape index (κ2) is 8.98. The number of hydrogen-bond donors (Lipinski definition) is 1. The van der Waals surface area contributed by atoms with Gasteiger partial charge in [0.15, 0.2) is 11.2 Å². The Kier molecular flexibility index (Phi) is 5.96. The van der Waals surface area contributed by atoms with Crippen molar-refractivity contribution in [3.05, 3.63) is 61.8 Å². The number of benzene rings is 1. The third kappa shape index (κ3) is 3.89. The van der Waals surface area contributed by atoms with Gasteiger partial charge in [-0.2, -0.15) is 4.98 Å². The number of aromatic nitrogens is 6. The monoisotopic (exact) mass is 488 g/mol. The molecule has 0 amide bonds. The van der Waals surface area contributed by atoms with Gasteiger partial charge in [0.1, 0.15) is 12.4 Å². The van der Waals surface area contributed by atoms with Crippen LogP contribution in [-0.4, -0.2) is 47.8 Å². The van der Waals surface area contributed by atoms with Gasteiger partial charge in [-0.3, -0.25) is 23.1 Å². The summed E-state index contributed by atoms with van der Waals surface area (Å²) >= 11 is 0. The summed E-state index contributed by atoms with van der Waals surface area (Å²) in [4.78, 5) is 40.7. The lowest BCUT2D eigenvalue weighted by atomic mass is 10.1. The highest BCUT2D eigenvalue weighted by Crippen LogP contribution is 2.29. The van der Waals surface area contributed by atoms with Crippen LogP contribution in [0.1, 0.15) is 31.3 Å². The molecule has 5 rings (SSSR count). The van der Waals surface area contributed by atoms with Gasteiger partial charge in [0.05, 0.1) is 31.2 Å². The maximum Gasteiger partial charge on any atom is 0.332 e. The molecule has 0 bridgehead atoms. The average molecular weight is 489 g/mol. The number of para-hydroxylation sites is 1. The molecule has 2 atom stereocenters. The SMILES string of the molecule is CC#CCn1c([N+]2([O-])CCCC(N)C2)nc2c1c(=O)n(Cc1nc(C)c3ccccc3n1)c(=O)n2C. The summed E-state index contributed by atoms with van der Waals surface area (Å²) in [5.41, 5.74) is 6.79. The minimum Gasteiger partial charge on any atom is -0.625 e. The Morgan fingerprint density at radius 3 is 2.72 bits per heavy atom. The molecule has 11 nitrogen and oxygen atoms in total. The van der Waals surface area contributed by atoms with Crippen LogP contribution >= 0.6 is 0 Å². The fourth-order valence-corrected chi connectivity index (χ4v) is 4.98. The van der Waals surface area contributed by atoms with Crippen molar-refractivity contribution in [1.82, 2.24) is 33.3 Å². The van der Waals surface area contributed by atoms with E-state index in [1.165, 1.54) is 11.6 Å². The molecule has 186 valence electrons. The van der Waals surface area contributed by atoms with E-state index in [1.807, 2.05) is 31.2 Å². The first kappa shape index (κ1) is 23.9. The zero-order valence-corrected chi connectivity index (χ0v) is 20.6. The van der Waals surface area contributed by atoms with Crippen molar-refractivity contribution < 1.29 is 0 Å². The molecule has 2 unspecified atom stereocenters. The zero-order chi connectivity index (χ0) is 25.6. The first-order valence-electron chi connectivity index (χ1n) is 11.9. The highest BCUT2D eigenvalue weighted by atomic mass is 16.5. The smallest absolute Gasteiger partial charge is 0.332 e. The molecule has 1 aliphatic heterocycles. The number of piperidine rings is 1. The van der Waals surface area contributed by atoms with Gasteiger partial charge in [-0.15, -0.1) is 5.92 Å². The number of fused-ring (bicyclic) bond motifs is 2. The molecule has 11 heteroatoms. The normalized spacial score (nSPS) is 20.0. The van der Waals surface area contributed by atoms with E-state index in [9.17, 15) is 14.8 Å². The van der Waals surface area contributed by atoms with Crippen LogP contribution in [0.2, 0.25) is 0 Å². The molecule has 4 aromatic rings. The predicted octanol–water partition coefficient (Wildman–Crippen LogP) is 1.15. The number of rotatable bonds is 4. The van der Waals surface area contributed by atoms with Gasteiger partial charge < -0.3 is 10.9 Å². The Morgan fingerprint density at radius 1 is 1.19 bits per heavy atom. The topological polar surface area (TPSA) is 137 Å². The van der Waals surface area contributed by atoms with Gasteiger partial charge in [0.2, 0.25) is 0 Å². The highest BCUT2D eigenvalue weighted by molar-refractivity contribution is 5.80. The summed E-state index contributed by atoms with van der Waals surface area (Å²) < 4.78 is 3.16. The fourth-order valence-electron chi connectivity index (χ4n) is 4.98. The van der Waals surface area contributed by atoms with Crippen LogP contribution in [0.25, 0.3) is 22.1 Å². The van der Waals surface area contributed by atoms with Crippen LogP contribution in [-0.2, 0) is 20.1 Å². The van der Waals surface area contributed by atoms with E-state index in [-0.39, 0.29) is 42.8 Å². The van der Waals surface area contributed by atoms with E-state index in [0.717, 1.165) is 27.6 Å². The third-order valence-electron chi connectivity index (χ3n) is 6.75. The molecule has 1 saturated heterocycles. The van der Waals surface area contributed by atoms with Crippen LogP contribution in [0.4, 0.5) is 5.95 Å². The van der Waals surface area contributed by atoms with Gasteiger partial charge in [-0.05, 0) is 32.8 Å². The van der Waals surface area contributed by atoms with Crippen molar-refractivity contribution >= 4 is 28.0 Å². The second-order valence-electron chi connectivity index (χ2n) is 9.27. The van der Waals surface area contributed by atoms with Crippen LogP contribution in [0, 0.1) is 24.0 Å². The Bertz CT molecular complexity index is 1670. The highest BCUT2D eigenvalue weighted by Gasteiger charge is 2.35. The Morgan fingerprint density at radius 2 is 1.97 bits per heavy atom. The Labute approximate surface area is 207 Å². The van der Waals surface area contributed by atoms with Gasteiger partial charge in [-0.25, -0.2) is 14.8 Å². The molecule has 1 aliphatic rings. The molecular weight excluding hydrogens is 460 g/mol.